The number of nitrogens with one attached hydrogen (secondary N) is 1. The van der Waals surface area contributed by atoms with E-state index in [9.17, 15) is 5.11 Å². The second-order valence-electron chi connectivity index (χ2n) is 4.50. The van der Waals surface area contributed by atoms with Gasteiger partial charge in [0.1, 0.15) is 0 Å². The van der Waals surface area contributed by atoms with E-state index < -0.39 is 6.10 Å². The molecule has 0 aliphatic rings. The topological polar surface area (TPSA) is 52.5 Å². The molecule has 1 unspecified atom stereocenters. The van der Waals surface area contributed by atoms with Crippen LogP contribution in [-0.2, 0) is 0 Å². The highest BCUT2D eigenvalue weighted by atomic mass is 16.3. The number of hydrogen-bond donors (Lipinski definition) is 3. The fraction of sp³-hybridized carbons (Fsp3) is 0.571. The van der Waals surface area contributed by atoms with Gasteiger partial charge < -0.3 is 15.5 Å². The molecule has 0 saturated carbocycles. The highest BCUT2D eigenvalue weighted by Gasteiger charge is 2.21. The van der Waals surface area contributed by atoms with Crippen LogP contribution in [0.3, 0.4) is 0 Å². The minimum Gasteiger partial charge on any atom is -0.395 e. The monoisotopic (exact) mass is 237 g/mol. The number of rotatable bonds is 7. The van der Waals surface area contributed by atoms with Crippen LogP contribution in [0.15, 0.2) is 30.3 Å². The molecule has 0 radical (unpaired) electrons. The van der Waals surface area contributed by atoms with Gasteiger partial charge in [0.15, 0.2) is 0 Å². The van der Waals surface area contributed by atoms with Gasteiger partial charge in [0.2, 0.25) is 0 Å². The summed E-state index contributed by atoms with van der Waals surface area (Å²) in [5.74, 6) is 0. The molecule has 1 rings (SSSR count). The molecular weight excluding hydrogens is 214 g/mol. The maximum Gasteiger partial charge on any atom is 0.0943 e. The van der Waals surface area contributed by atoms with Crippen LogP contribution in [0.1, 0.15) is 38.4 Å². The van der Waals surface area contributed by atoms with E-state index in [1.54, 1.807) is 0 Å². The highest BCUT2D eigenvalue weighted by molar-refractivity contribution is 5.18. The number of aliphatic hydroxyl groups is 2. The lowest BCUT2D eigenvalue weighted by atomic mass is 9.98. The van der Waals surface area contributed by atoms with E-state index in [1.165, 1.54) is 0 Å². The third kappa shape index (κ3) is 4.46. The molecule has 0 aliphatic carbocycles. The first kappa shape index (κ1) is 14.2. The minimum absolute atomic E-state index is 0.00455. The van der Waals surface area contributed by atoms with Crippen LogP contribution in [0.25, 0.3) is 0 Å². The van der Waals surface area contributed by atoms with Gasteiger partial charge in [0.25, 0.3) is 0 Å². The van der Waals surface area contributed by atoms with Crippen molar-refractivity contribution < 1.29 is 10.2 Å². The lowest BCUT2D eigenvalue weighted by Gasteiger charge is -2.27. The molecule has 0 aliphatic heterocycles. The first-order valence-corrected chi connectivity index (χ1v) is 6.29. The Bertz CT molecular complexity index is 302. The van der Waals surface area contributed by atoms with Crippen LogP contribution < -0.4 is 5.32 Å². The van der Waals surface area contributed by atoms with Crippen LogP contribution in [0, 0.1) is 0 Å². The Balaban J connectivity index is 2.69. The van der Waals surface area contributed by atoms with E-state index in [4.69, 9.17) is 5.11 Å². The van der Waals surface area contributed by atoms with Gasteiger partial charge in [-0.3, -0.25) is 0 Å². The van der Waals surface area contributed by atoms with Crippen LogP contribution in [-0.4, -0.2) is 28.9 Å². The van der Waals surface area contributed by atoms with Crippen molar-refractivity contribution in [1.82, 2.24) is 5.32 Å². The van der Waals surface area contributed by atoms with E-state index in [1.807, 2.05) is 37.3 Å². The average molecular weight is 237 g/mol. The number of benzene rings is 1. The molecule has 0 fully saturated rings. The second kappa shape index (κ2) is 7.43. The SMILES string of the molecule is CCC[C@H](N[C@H](C)CO)C(O)c1ccccc1. The van der Waals surface area contributed by atoms with E-state index >= 15 is 0 Å². The summed E-state index contributed by atoms with van der Waals surface area (Å²) in [5, 5.41) is 22.6. The third-order valence-corrected chi connectivity index (χ3v) is 2.89. The van der Waals surface area contributed by atoms with E-state index in [0.29, 0.717) is 0 Å². The molecule has 3 heteroatoms. The molecular formula is C14H23NO2. The summed E-state index contributed by atoms with van der Waals surface area (Å²) in [4.78, 5) is 0. The molecule has 17 heavy (non-hydrogen) atoms. The zero-order valence-corrected chi connectivity index (χ0v) is 10.6. The van der Waals surface area contributed by atoms with Gasteiger partial charge in [-0.15, -0.1) is 0 Å². The van der Waals surface area contributed by atoms with E-state index in [-0.39, 0.29) is 18.7 Å². The summed E-state index contributed by atoms with van der Waals surface area (Å²) in [7, 11) is 0. The van der Waals surface area contributed by atoms with Crippen molar-refractivity contribution in [3.8, 4) is 0 Å². The van der Waals surface area contributed by atoms with Crippen molar-refractivity contribution >= 4 is 0 Å². The Kier molecular flexibility index (Phi) is 6.19. The molecule has 0 saturated heterocycles. The molecule has 0 heterocycles. The van der Waals surface area contributed by atoms with Gasteiger partial charge in [-0.1, -0.05) is 43.7 Å². The normalized spacial score (nSPS) is 16.5. The molecule has 0 amide bonds. The van der Waals surface area contributed by atoms with Crippen LogP contribution in [0.4, 0.5) is 0 Å². The van der Waals surface area contributed by atoms with E-state index in [2.05, 4.69) is 12.2 Å². The van der Waals surface area contributed by atoms with Crippen molar-refractivity contribution in [3.63, 3.8) is 0 Å². The maximum atomic E-state index is 10.3. The minimum atomic E-state index is -0.523. The molecule has 3 atom stereocenters. The lowest BCUT2D eigenvalue weighted by molar-refractivity contribution is 0.109. The molecule has 0 bridgehead atoms. The van der Waals surface area contributed by atoms with Gasteiger partial charge in [-0.05, 0) is 18.9 Å². The zero-order chi connectivity index (χ0) is 12.7. The first-order valence-electron chi connectivity index (χ1n) is 6.29. The first-order chi connectivity index (χ1) is 8.19. The van der Waals surface area contributed by atoms with Crippen molar-refractivity contribution in [2.24, 2.45) is 0 Å². The maximum absolute atomic E-state index is 10.3. The Morgan fingerprint density at radius 2 is 1.88 bits per heavy atom. The van der Waals surface area contributed by atoms with Gasteiger partial charge in [-0.2, -0.15) is 0 Å². The number of aliphatic hydroxyl groups excluding tert-OH is 2. The highest BCUT2D eigenvalue weighted by Crippen LogP contribution is 2.20. The Morgan fingerprint density at radius 1 is 1.24 bits per heavy atom. The van der Waals surface area contributed by atoms with Gasteiger partial charge >= 0.3 is 0 Å². The van der Waals surface area contributed by atoms with Crippen LogP contribution in [0.2, 0.25) is 0 Å². The molecule has 0 aromatic heterocycles. The summed E-state index contributed by atoms with van der Waals surface area (Å²) < 4.78 is 0. The van der Waals surface area contributed by atoms with Gasteiger partial charge in [-0.25, -0.2) is 0 Å². The Hall–Kier alpha value is -0.900. The summed E-state index contributed by atoms with van der Waals surface area (Å²) >= 11 is 0. The third-order valence-electron chi connectivity index (χ3n) is 2.89. The molecule has 3 N–H and O–H groups in total. The van der Waals surface area contributed by atoms with Crippen molar-refractivity contribution in [2.45, 2.75) is 44.9 Å². The molecule has 3 nitrogen and oxygen atoms in total. The summed E-state index contributed by atoms with van der Waals surface area (Å²) in [6.45, 7) is 4.10. The summed E-state index contributed by atoms with van der Waals surface area (Å²) in [6, 6.07) is 9.65. The van der Waals surface area contributed by atoms with Gasteiger partial charge in [0.05, 0.1) is 12.7 Å². The summed E-state index contributed by atoms with van der Waals surface area (Å²) in [6.07, 6.45) is 1.37. The molecule has 1 aromatic carbocycles. The molecule has 1 aromatic rings. The second-order valence-corrected chi connectivity index (χ2v) is 4.50. The van der Waals surface area contributed by atoms with Crippen LogP contribution in [0.5, 0.6) is 0 Å². The van der Waals surface area contributed by atoms with Crippen LogP contribution >= 0.6 is 0 Å². The largest absolute Gasteiger partial charge is 0.395 e. The van der Waals surface area contributed by atoms with Crippen molar-refractivity contribution in [2.75, 3.05) is 6.61 Å². The fourth-order valence-electron chi connectivity index (χ4n) is 1.94. The summed E-state index contributed by atoms with van der Waals surface area (Å²) in [5.41, 5.74) is 0.920. The van der Waals surface area contributed by atoms with Crippen molar-refractivity contribution in [3.05, 3.63) is 35.9 Å². The Morgan fingerprint density at radius 3 is 2.41 bits per heavy atom. The lowest BCUT2D eigenvalue weighted by Crippen LogP contribution is -2.42. The number of hydrogen-bond acceptors (Lipinski definition) is 3. The molecule has 0 spiro atoms. The molecule has 96 valence electrons. The smallest absolute Gasteiger partial charge is 0.0943 e. The predicted molar refractivity (Wildman–Crippen MR) is 69.8 cm³/mol. The van der Waals surface area contributed by atoms with E-state index in [0.717, 1.165) is 18.4 Å². The zero-order valence-electron chi connectivity index (χ0n) is 10.6. The standard InChI is InChI=1S/C14H23NO2/c1-3-7-13(15-11(2)10-16)14(17)12-8-5-4-6-9-12/h4-6,8-9,11,13-17H,3,7,10H2,1-2H3/t11-,13+,14?/m1/s1. The van der Waals surface area contributed by atoms with Crippen molar-refractivity contribution in [1.29, 1.82) is 0 Å². The van der Waals surface area contributed by atoms with Gasteiger partial charge in [0, 0.05) is 12.1 Å². The predicted octanol–water partition coefficient (Wildman–Crippen LogP) is 1.86. The Labute approximate surface area is 103 Å². The average Bonchev–Trinajstić information content (AvgIpc) is 2.38. The quantitative estimate of drug-likeness (QED) is 0.678. The fourth-order valence-corrected chi connectivity index (χ4v) is 1.94.